The predicted molar refractivity (Wildman–Crippen MR) is 102 cm³/mol. The molecule has 1 saturated heterocycles. The first-order chi connectivity index (χ1) is 12.2. The third-order valence-electron chi connectivity index (χ3n) is 4.93. The summed E-state index contributed by atoms with van der Waals surface area (Å²) in [5.41, 5.74) is 1.35. The van der Waals surface area contributed by atoms with E-state index in [9.17, 15) is 4.79 Å². The van der Waals surface area contributed by atoms with E-state index in [2.05, 4.69) is 52.4 Å². The van der Waals surface area contributed by atoms with E-state index in [-0.39, 0.29) is 17.6 Å². The molecule has 2 aromatic rings. The van der Waals surface area contributed by atoms with Gasteiger partial charge in [-0.1, -0.05) is 42.5 Å². The molecule has 0 aromatic heterocycles. The van der Waals surface area contributed by atoms with Crippen LogP contribution in [-0.4, -0.2) is 43.3 Å². The molecule has 4 nitrogen and oxygen atoms in total. The number of fused-ring (bicyclic) bond motifs is 1. The molecule has 25 heavy (non-hydrogen) atoms. The number of aliphatic imine (C=N–C) groups is 1. The molecule has 4 heteroatoms. The Labute approximate surface area is 149 Å². The van der Waals surface area contributed by atoms with Gasteiger partial charge in [0, 0.05) is 19.5 Å². The van der Waals surface area contributed by atoms with Gasteiger partial charge in [-0.15, -0.1) is 0 Å². The fourth-order valence-electron chi connectivity index (χ4n) is 3.58. The van der Waals surface area contributed by atoms with Crippen LogP contribution in [0.3, 0.4) is 0 Å². The number of carbonyl (C=O) groups is 1. The number of rotatable bonds is 5. The highest BCUT2D eigenvalue weighted by atomic mass is 16.5. The van der Waals surface area contributed by atoms with Crippen LogP contribution in [0.4, 0.5) is 0 Å². The molecule has 1 heterocycles. The minimum absolute atomic E-state index is 0.0361. The van der Waals surface area contributed by atoms with Crippen LogP contribution < -0.4 is 0 Å². The quantitative estimate of drug-likeness (QED) is 0.617. The molecule has 0 unspecified atom stereocenters. The first-order valence-electron chi connectivity index (χ1n) is 9.05. The highest BCUT2D eigenvalue weighted by molar-refractivity contribution is 6.37. The number of carbonyl (C=O) groups excluding carboxylic acids is 1. The number of ketones is 1. The molecule has 0 aliphatic carbocycles. The predicted octanol–water partition coefficient (Wildman–Crippen LogP) is 3.69. The Balaban J connectivity index is 1.62. The molecule has 1 aliphatic heterocycles. The van der Waals surface area contributed by atoms with Crippen LogP contribution >= 0.6 is 0 Å². The van der Waals surface area contributed by atoms with Crippen molar-refractivity contribution in [3.8, 4) is 0 Å². The van der Waals surface area contributed by atoms with Crippen LogP contribution in [-0.2, 0) is 16.1 Å². The molecule has 0 radical (unpaired) electrons. The summed E-state index contributed by atoms with van der Waals surface area (Å²) in [5.74, 6) is 0.387. The van der Waals surface area contributed by atoms with Gasteiger partial charge in [0.25, 0.3) is 5.90 Å². The minimum atomic E-state index is 0.0361. The number of benzene rings is 2. The van der Waals surface area contributed by atoms with Gasteiger partial charge in [-0.2, -0.15) is 0 Å². The van der Waals surface area contributed by atoms with Crippen molar-refractivity contribution in [2.24, 2.45) is 10.9 Å². The number of hydrogen-bond acceptors (Lipinski definition) is 4. The lowest BCUT2D eigenvalue weighted by atomic mass is 9.92. The molecule has 0 saturated carbocycles. The number of hydrogen-bond donors (Lipinski definition) is 0. The summed E-state index contributed by atoms with van der Waals surface area (Å²) in [7, 11) is 1.62. The van der Waals surface area contributed by atoms with Crippen molar-refractivity contribution in [3.05, 3.63) is 48.0 Å². The van der Waals surface area contributed by atoms with Crippen molar-refractivity contribution in [2.45, 2.75) is 26.3 Å². The largest absolute Gasteiger partial charge is 0.476 e. The van der Waals surface area contributed by atoms with Gasteiger partial charge in [0.1, 0.15) is 0 Å². The zero-order valence-electron chi connectivity index (χ0n) is 15.1. The van der Waals surface area contributed by atoms with Gasteiger partial charge in [0.15, 0.2) is 0 Å². The molecular weight excluding hydrogens is 312 g/mol. The molecule has 0 amide bonds. The molecule has 1 aliphatic rings. The van der Waals surface area contributed by atoms with Crippen molar-refractivity contribution in [1.29, 1.82) is 0 Å². The van der Waals surface area contributed by atoms with Crippen molar-refractivity contribution < 1.29 is 9.53 Å². The Bertz CT molecular complexity index is 756. The topological polar surface area (TPSA) is 41.9 Å². The van der Waals surface area contributed by atoms with Gasteiger partial charge in [0.05, 0.1) is 6.61 Å². The second kappa shape index (κ2) is 8.26. The summed E-state index contributed by atoms with van der Waals surface area (Å²) >= 11 is 0. The van der Waals surface area contributed by atoms with E-state index in [0.717, 1.165) is 32.5 Å². The van der Waals surface area contributed by atoms with E-state index in [1.54, 1.807) is 7.05 Å². The summed E-state index contributed by atoms with van der Waals surface area (Å²) in [6, 6.07) is 15.0. The van der Waals surface area contributed by atoms with E-state index >= 15 is 0 Å². The summed E-state index contributed by atoms with van der Waals surface area (Å²) < 4.78 is 5.36. The molecule has 0 N–H and O–H groups in total. The lowest BCUT2D eigenvalue weighted by Gasteiger charge is -2.31. The fraction of sp³-hybridized carbons (Fsp3) is 0.429. The summed E-state index contributed by atoms with van der Waals surface area (Å²) in [4.78, 5) is 18.9. The summed E-state index contributed by atoms with van der Waals surface area (Å²) in [6.07, 6.45) is 1.74. The van der Waals surface area contributed by atoms with Crippen LogP contribution in [0.1, 0.15) is 25.3 Å². The highest BCUT2D eigenvalue weighted by Gasteiger charge is 2.28. The zero-order chi connectivity index (χ0) is 17.6. The second-order valence-electron chi connectivity index (χ2n) is 6.51. The number of piperidine rings is 1. The Morgan fingerprint density at radius 1 is 1.16 bits per heavy atom. The molecule has 3 rings (SSSR count). The SMILES string of the molecule is CCOC(=NC)C(=O)C1CCN(Cc2cccc3ccccc23)CC1. The van der Waals surface area contributed by atoms with Crippen LogP contribution in [0.5, 0.6) is 0 Å². The van der Waals surface area contributed by atoms with E-state index in [4.69, 9.17) is 4.74 Å². The van der Waals surface area contributed by atoms with Gasteiger partial charge >= 0.3 is 0 Å². The van der Waals surface area contributed by atoms with Crippen LogP contribution in [0, 0.1) is 5.92 Å². The first kappa shape index (κ1) is 17.6. The highest BCUT2D eigenvalue weighted by Crippen LogP contribution is 2.24. The molecule has 0 bridgehead atoms. The molecule has 1 fully saturated rings. The van der Waals surface area contributed by atoms with Gasteiger partial charge in [0.2, 0.25) is 5.78 Å². The average Bonchev–Trinajstić information content (AvgIpc) is 2.66. The van der Waals surface area contributed by atoms with Crippen molar-refractivity contribution in [1.82, 2.24) is 4.90 Å². The zero-order valence-corrected chi connectivity index (χ0v) is 15.1. The first-order valence-corrected chi connectivity index (χ1v) is 9.05. The molecule has 0 spiro atoms. The average molecular weight is 338 g/mol. The van der Waals surface area contributed by atoms with Crippen LogP contribution in [0.2, 0.25) is 0 Å². The Hall–Kier alpha value is -2.20. The fourth-order valence-corrected chi connectivity index (χ4v) is 3.58. The number of Topliss-reactive ketones (excluding diaryl/α,β-unsaturated/α-hetero) is 1. The van der Waals surface area contributed by atoms with Gasteiger partial charge in [-0.3, -0.25) is 14.7 Å². The normalized spacial score (nSPS) is 17.0. The molecule has 132 valence electrons. The third-order valence-corrected chi connectivity index (χ3v) is 4.93. The maximum absolute atomic E-state index is 12.5. The Kier molecular flexibility index (Phi) is 5.82. The monoisotopic (exact) mass is 338 g/mol. The van der Waals surface area contributed by atoms with E-state index < -0.39 is 0 Å². The summed E-state index contributed by atoms with van der Waals surface area (Å²) in [6.45, 7) is 5.16. The maximum Gasteiger partial charge on any atom is 0.253 e. The smallest absolute Gasteiger partial charge is 0.253 e. The van der Waals surface area contributed by atoms with E-state index in [1.807, 2.05) is 6.92 Å². The molecule has 2 aromatic carbocycles. The number of ether oxygens (including phenoxy) is 1. The molecular formula is C21H26N2O2. The van der Waals surface area contributed by atoms with Gasteiger partial charge < -0.3 is 4.74 Å². The van der Waals surface area contributed by atoms with Crippen LogP contribution in [0.15, 0.2) is 47.5 Å². The van der Waals surface area contributed by atoms with Crippen molar-refractivity contribution in [3.63, 3.8) is 0 Å². The number of nitrogens with zero attached hydrogens (tertiary/aromatic N) is 2. The maximum atomic E-state index is 12.5. The lowest BCUT2D eigenvalue weighted by molar-refractivity contribution is -0.119. The third kappa shape index (κ3) is 4.07. The number of likely N-dealkylation sites (tertiary alicyclic amines) is 1. The van der Waals surface area contributed by atoms with Gasteiger partial charge in [-0.05, 0) is 49.2 Å². The standard InChI is InChI=1S/C21H26N2O2/c1-3-25-21(22-2)20(24)17-11-13-23(14-12-17)15-18-9-6-8-16-7-4-5-10-19(16)18/h4-10,17H,3,11-15H2,1-2H3. The van der Waals surface area contributed by atoms with Gasteiger partial charge in [-0.25, -0.2) is 0 Å². The minimum Gasteiger partial charge on any atom is -0.476 e. The lowest BCUT2D eigenvalue weighted by Crippen LogP contribution is -2.38. The van der Waals surface area contributed by atoms with E-state index in [0.29, 0.717) is 6.61 Å². The van der Waals surface area contributed by atoms with Crippen molar-refractivity contribution >= 4 is 22.5 Å². The molecule has 0 atom stereocenters. The Morgan fingerprint density at radius 3 is 2.60 bits per heavy atom. The second-order valence-corrected chi connectivity index (χ2v) is 6.51. The van der Waals surface area contributed by atoms with Crippen LogP contribution in [0.25, 0.3) is 10.8 Å². The van der Waals surface area contributed by atoms with Crippen molar-refractivity contribution in [2.75, 3.05) is 26.7 Å². The van der Waals surface area contributed by atoms with E-state index in [1.165, 1.54) is 16.3 Å². The Morgan fingerprint density at radius 2 is 1.88 bits per heavy atom. The summed E-state index contributed by atoms with van der Waals surface area (Å²) in [5, 5.41) is 2.60.